The third-order valence-corrected chi connectivity index (χ3v) is 8.06. The Balaban J connectivity index is 1.78. The normalized spacial score (nSPS) is 14.9. The van der Waals surface area contributed by atoms with E-state index in [1.54, 1.807) is 26.8 Å². The highest BCUT2D eigenvalue weighted by Gasteiger charge is 2.26. The van der Waals surface area contributed by atoms with E-state index < -0.39 is 15.9 Å². The van der Waals surface area contributed by atoms with Crippen LogP contribution in [0, 0.1) is 20.8 Å². The molecule has 0 aliphatic carbocycles. The topological polar surface area (TPSA) is 101 Å². The fourth-order valence-corrected chi connectivity index (χ4v) is 5.91. The molecule has 1 saturated heterocycles. The first-order chi connectivity index (χ1) is 13.6. The molecule has 12 heteroatoms. The van der Waals surface area contributed by atoms with Crippen molar-refractivity contribution in [2.45, 2.75) is 25.7 Å². The monoisotopic (exact) mass is 478 g/mol. The number of halogens is 2. The third kappa shape index (κ3) is 4.68. The molecule has 1 aliphatic heterocycles. The second-order valence-corrected chi connectivity index (χ2v) is 9.90. The minimum absolute atomic E-state index is 0.0530. The van der Waals surface area contributed by atoms with Gasteiger partial charge in [0.25, 0.3) is 15.9 Å². The number of thiazole rings is 1. The Bertz CT molecular complexity index is 1020. The van der Waals surface area contributed by atoms with Crippen molar-refractivity contribution in [2.75, 3.05) is 31.2 Å². The summed E-state index contributed by atoms with van der Waals surface area (Å²) in [6.45, 7) is 7.47. The third-order valence-electron chi connectivity index (χ3n) is 4.43. The van der Waals surface area contributed by atoms with Gasteiger partial charge in [0.1, 0.15) is 9.77 Å². The number of nitrogens with zero attached hydrogens (tertiary/aromatic N) is 2. The van der Waals surface area contributed by atoms with Gasteiger partial charge in [-0.3, -0.25) is 10.2 Å². The Morgan fingerprint density at radius 1 is 1.24 bits per heavy atom. The van der Waals surface area contributed by atoms with Gasteiger partial charge in [0.05, 0.1) is 23.9 Å². The average Bonchev–Trinajstić information content (AvgIpc) is 3.07. The molecule has 29 heavy (non-hydrogen) atoms. The SMILES string of the molecule is Cc1cc(Cl)c(C)c(S(=O)(=O)NNC(=O)c2sc(N3CCOCC3)nc2C)c1Cl. The number of amides is 1. The number of hydrazine groups is 1. The van der Waals surface area contributed by atoms with Gasteiger partial charge in [-0.15, -0.1) is 4.83 Å². The number of sulfonamides is 1. The van der Waals surface area contributed by atoms with Crippen LogP contribution in [0.15, 0.2) is 11.0 Å². The average molecular weight is 479 g/mol. The minimum Gasteiger partial charge on any atom is -0.378 e. The van der Waals surface area contributed by atoms with Gasteiger partial charge in [-0.25, -0.2) is 13.4 Å². The maximum Gasteiger partial charge on any atom is 0.278 e. The molecule has 0 bridgehead atoms. The van der Waals surface area contributed by atoms with Crippen molar-refractivity contribution in [1.29, 1.82) is 0 Å². The van der Waals surface area contributed by atoms with Crippen LogP contribution in [0.4, 0.5) is 5.13 Å². The molecule has 1 aromatic carbocycles. The van der Waals surface area contributed by atoms with Gasteiger partial charge in [-0.1, -0.05) is 34.5 Å². The van der Waals surface area contributed by atoms with Crippen molar-refractivity contribution in [3.8, 4) is 0 Å². The lowest BCUT2D eigenvalue weighted by Gasteiger charge is -2.25. The van der Waals surface area contributed by atoms with Gasteiger partial charge in [-0.05, 0) is 38.0 Å². The van der Waals surface area contributed by atoms with Gasteiger partial charge in [0.2, 0.25) is 0 Å². The fourth-order valence-electron chi connectivity index (χ4n) is 2.84. The first-order valence-corrected chi connectivity index (χ1v) is 11.7. The quantitative estimate of drug-likeness (QED) is 0.640. The first kappa shape index (κ1) is 22.3. The highest BCUT2D eigenvalue weighted by Crippen LogP contribution is 2.33. The van der Waals surface area contributed by atoms with E-state index in [-0.39, 0.29) is 14.9 Å². The van der Waals surface area contributed by atoms with Gasteiger partial charge >= 0.3 is 0 Å². The maximum absolute atomic E-state index is 12.7. The number of rotatable bonds is 5. The van der Waals surface area contributed by atoms with Crippen molar-refractivity contribution in [1.82, 2.24) is 15.2 Å². The molecule has 8 nitrogen and oxygen atoms in total. The van der Waals surface area contributed by atoms with E-state index in [1.165, 1.54) is 11.3 Å². The molecule has 2 N–H and O–H groups in total. The van der Waals surface area contributed by atoms with E-state index in [1.807, 2.05) is 4.90 Å². The van der Waals surface area contributed by atoms with Crippen molar-refractivity contribution in [3.05, 3.63) is 37.8 Å². The van der Waals surface area contributed by atoms with Crippen LogP contribution < -0.4 is 15.2 Å². The molecule has 0 spiro atoms. The predicted molar refractivity (Wildman–Crippen MR) is 114 cm³/mol. The molecule has 2 aromatic rings. The Labute approximate surface area is 183 Å². The zero-order valence-electron chi connectivity index (χ0n) is 16.0. The summed E-state index contributed by atoms with van der Waals surface area (Å²) in [4.78, 5) is 21.3. The van der Waals surface area contributed by atoms with Gasteiger partial charge in [-0.2, -0.15) is 0 Å². The highest BCUT2D eigenvalue weighted by molar-refractivity contribution is 7.89. The molecule has 1 amide bonds. The molecule has 1 fully saturated rings. The zero-order valence-corrected chi connectivity index (χ0v) is 19.2. The van der Waals surface area contributed by atoms with E-state index in [2.05, 4.69) is 15.2 Å². The minimum atomic E-state index is -4.14. The Hall–Kier alpha value is -1.43. The maximum atomic E-state index is 12.7. The molecular formula is C17H20Cl2N4O4S2. The molecular weight excluding hydrogens is 459 g/mol. The van der Waals surface area contributed by atoms with Crippen molar-refractivity contribution in [2.24, 2.45) is 0 Å². The predicted octanol–water partition coefficient (Wildman–Crippen LogP) is 2.84. The number of aromatic nitrogens is 1. The number of carbonyl (C=O) groups excluding carboxylic acids is 1. The summed E-state index contributed by atoms with van der Waals surface area (Å²) in [5, 5.41) is 1.02. The number of carbonyl (C=O) groups is 1. The summed E-state index contributed by atoms with van der Waals surface area (Å²) in [6.07, 6.45) is 0. The van der Waals surface area contributed by atoms with Gasteiger partial charge in [0, 0.05) is 18.1 Å². The van der Waals surface area contributed by atoms with E-state index in [9.17, 15) is 13.2 Å². The number of benzene rings is 1. The van der Waals surface area contributed by atoms with Crippen molar-refractivity contribution >= 4 is 55.6 Å². The Morgan fingerprint density at radius 2 is 1.90 bits per heavy atom. The van der Waals surface area contributed by atoms with Gasteiger partial charge < -0.3 is 9.64 Å². The van der Waals surface area contributed by atoms with E-state index in [0.29, 0.717) is 53.1 Å². The molecule has 2 heterocycles. The van der Waals surface area contributed by atoms with Crippen LogP contribution in [-0.4, -0.2) is 45.6 Å². The molecule has 0 unspecified atom stereocenters. The van der Waals surface area contributed by atoms with Crippen molar-refractivity contribution < 1.29 is 17.9 Å². The number of ether oxygens (including phenoxy) is 1. The summed E-state index contributed by atoms with van der Waals surface area (Å²) >= 11 is 13.5. The number of hydrogen-bond donors (Lipinski definition) is 2. The standard InChI is InChI=1S/C17H20Cl2N4O4S2/c1-9-8-12(18)10(2)15(13(9)19)29(25,26)22-21-16(24)14-11(3)20-17(28-14)23-4-6-27-7-5-23/h8,22H,4-7H2,1-3H3,(H,21,24). The Morgan fingerprint density at radius 3 is 2.55 bits per heavy atom. The largest absolute Gasteiger partial charge is 0.378 e. The summed E-state index contributed by atoms with van der Waals surface area (Å²) in [5.41, 5.74) is 3.57. The lowest BCUT2D eigenvalue weighted by molar-refractivity contribution is 0.0948. The van der Waals surface area contributed by atoms with Crippen LogP contribution in [0.25, 0.3) is 0 Å². The van der Waals surface area contributed by atoms with E-state index in [4.69, 9.17) is 27.9 Å². The van der Waals surface area contributed by atoms with Crippen LogP contribution in [-0.2, 0) is 14.8 Å². The number of hydrogen-bond acceptors (Lipinski definition) is 7. The van der Waals surface area contributed by atoms with Crippen LogP contribution >= 0.6 is 34.5 Å². The molecule has 1 aliphatic rings. The second-order valence-electron chi connectivity index (χ2n) is 6.51. The van der Waals surface area contributed by atoms with E-state index in [0.717, 1.165) is 0 Å². The number of aryl methyl sites for hydroxylation is 2. The lowest BCUT2D eigenvalue weighted by atomic mass is 10.2. The summed E-state index contributed by atoms with van der Waals surface area (Å²) in [5.74, 6) is -0.601. The molecule has 0 saturated carbocycles. The lowest BCUT2D eigenvalue weighted by Crippen LogP contribution is -2.41. The summed E-state index contributed by atoms with van der Waals surface area (Å²) in [6, 6.07) is 1.59. The van der Waals surface area contributed by atoms with Crippen molar-refractivity contribution in [3.63, 3.8) is 0 Å². The van der Waals surface area contributed by atoms with Gasteiger partial charge in [0.15, 0.2) is 5.13 Å². The molecule has 0 radical (unpaired) electrons. The number of anilines is 1. The van der Waals surface area contributed by atoms with Crippen LogP contribution in [0.5, 0.6) is 0 Å². The highest BCUT2D eigenvalue weighted by atomic mass is 35.5. The van der Waals surface area contributed by atoms with E-state index >= 15 is 0 Å². The van der Waals surface area contributed by atoms with Crippen LogP contribution in [0.1, 0.15) is 26.5 Å². The van der Waals surface area contributed by atoms with Crippen LogP contribution in [0.2, 0.25) is 10.0 Å². The molecule has 0 atom stereocenters. The first-order valence-electron chi connectivity index (χ1n) is 8.69. The summed E-state index contributed by atoms with van der Waals surface area (Å²) < 4.78 is 30.8. The fraction of sp³-hybridized carbons (Fsp3) is 0.412. The van der Waals surface area contributed by atoms with Crippen LogP contribution in [0.3, 0.4) is 0 Å². The zero-order chi connectivity index (χ0) is 21.3. The number of nitrogens with one attached hydrogen (secondary N) is 2. The second kappa shape index (κ2) is 8.75. The molecule has 3 rings (SSSR count). The Kier molecular flexibility index (Phi) is 6.71. The molecule has 158 valence electrons. The number of morpholine rings is 1. The molecule has 1 aromatic heterocycles. The summed E-state index contributed by atoms with van der Waals surface area (Å²) in [7, 11) is -4.14. The smallest absolute Gasteiger partial charge is 0.278 e.